The fraction of sp³-hybridized carbons (Fsp3) is 0.200. The highest BCUT2D eigenvalue weighted by Gasteiger charge is 2.20. The first-order valence-corrected chi connectivity index (χ1v) is 10.7. The van der Waals surface area contributed by atoms with E-state index < -0.39 is 0 Å². The van der Waals surface area contributed by atoms with E-state index in [1.54, 1.807) is 6.07 Å². The third-order valence-corrected chi connectivity index (χ3v) is 5.65. The maximum Gasteiger partial charge on any atom is 0.255 e. The maximum absolute atomic E-state index is 12.7. The molecule has 0 saturated heterocycles. The molecule has 7 nitrogen and oxygen atoms in total. The summed E-state index contributed by atoms with van der Waals surface area (Å²) in [5, 5.41) is 7.33. The second-order valence-corrected chi connectivity index (χ2v) is 8.04. The Morgan fingerprint density at radius 2 is 1.81 bits per heavy atom. The van der Waals surface area contributed by atoms with Crippen LogP contribution in [0, 0.1) is 6.92 Å². The molecule has 5 rings (SSSR count). The predicted octanol–water partition coefficient (Wildman–Crippen LogP) is 3.60. The van der Waals surface area contributed by atoms with Crippen LogP contribution in [0.25, 0.3) is 17.1 Å². The van der Waals surface area contributed by atoms with Crippen LogP contribution in [0.1, 0.15) is 28.9 Å². The number of carbonyl (C=O) groups is 1. The van der Waals surface area contributed by atoms with Crippen molar-refractivity contribution in [3.63, 3.8) is 0 Å². The molecular weight excluding hydrogens is 402 g/mol. The number of hydrogen-bond donors (Lipinski definition) is 2. The molecule has 2 aromatic heterocycles. The van der Waals surface area contributed by atoms with Gasteiger partial charge in [0, 0.05) is 11.6 Å². The van der Waals surface area contributed by atoms with E-state index >= 15 is 0 Å². The minimum Gasteiger partial charge on any atom is -0.310 e. The number of aromatic amines is 1. The van der Waals surface area contributed by atoms with Crippen molar-refractivity contribution in [3.8, 4) is 17.1 Å². The van der Waals surface area contributed by atoms with E-state index in [0.717, 1.165) is 52.9 Å². The Hall–Kier alpha value is -4.00. The van der Waals surface area contributed by atoms with Crippen LogP contribution in [-0.4, -0.2) is 25.7 Å². The molecule has 2 aromatic carbocycles. The van der Waals surface area contributed by atoms with Gasteiger partial charge in [0.05, 0.1) is 17.8 Å². The highest BCUT2D eigenvalue weighted by atomic mass is 16.1. The summed E-state index contributed by atoms with van der Waals surface area (Å²) in [4.78, 5) is 32.5. The summed E-state index contributed by atoms with van der Waals surface area (Å²) in [6.07, 6.45) is 2.70. The molecule has 32 heavy (non-hydrogen) atoms. The van der Waals surface area contributed by atoms with E-state index in [-0.39, 0.29) is 17.9 Å². The number of anilines is 1. The molecule has 2 N–H and O–H groups in total. The average molecular weight is 425 g/mol. The first-order chi connectivity index (χ1) is 15.6. The first kappa shape index (κ1) is 19.9. The number of rotatable bonds is 5. The molecule has 7 heteroatoms. The van der Waals surface area contributed by atoms with Crippen LogP contribution in [0.2, 0.25) is 0 Å². The summed E-state index contributed by atoms with van der Waals surface area (Å²) in [5.41, 5.74) is 5.31. The zero-order valence-electron chi connectivity index (χ0n) is 17.8. The molecule has 1 aliphatic carbocycles. The van der Waals surface area contributed by atoms with E-state index in [4.69, 9.17) is 0 Å². The number of nitrogens with one attached hydrogen (secondary N) is 2. The number of nitrogens with zero attached hydrogens (tertiary/aromatic N) is 3. The molecule has 0 aliphatic heterocycles. The minimum absolute atomic E-state index is 0.133. The summed E-state index contributed by atoms with van der Waals surface area (Å²) in [5.74, 6) is 0.642. The highest BCUT2D eigenvalue weighted by molar-refractivity contribution is 5.91. The Balaban J connectivity index is 1.34. The number of amides is 1. The van der Waals surface area contributed by atoms with Gasteiger partial charge < -0.3 is 5.32 Å². The molecule has 0 unspecified atom stereocenters. The molecular formula is C25H23N5O2. The molecule has 0 fully saturated rings. The molecule has 2 heterocycles. The van der Waals surface area contributed by atoms with Crippen molar-refractivity contribution in [2.75, 3.05) is 5.32 Å². The Kier molecular flexibility index (Phi) is 5.15. The van der Waals surface area contributed by atoms with Crippen LogP contribution >= 0.6 is 0 Å². The van der Waals surface area contributed by atoms with Crippen molar-refractivity contribution in [2.45, 2.75) is 32.6 Å². The zero-order chi connectivity index (χ0) is 22.1. The Bertz CT molecular complexity index is 1340. The third-order valence-electron chi connectivity index (χ3n) is 5.65. The van der Waals surface area contributed by atoms with Crippen LogP contribution in [-0.2, 0) is 24.1 Å². The topological polar surface area (TPSA) is 92.7 Å². The fourth-order valence-electron chi connectivity index (χ4n) is 4.10. The van der Waals surface area contributed by atoms with Crippen molar-refractivity contribution in [2.24, 2.45) is 0 Å². The Morgan fingerprint density at radius 3 is 2.59 bits per heavy atom. The molecule has 0 radical (unpaired) electrons. The molecule has 1 amide bonds. The molecule has 0 saturated carbocycles. The Morgan fingerprint density at radius 1 is 1.06 bits per heavy atom. The average Bonchev–Trinajstić information content (AvgIpc) is 3.41. The van der Waals surface area contributed by atoms with Gasteiger partial charge in [0.15, 0.2) is 0 Å². The van der Waals surface area contributed by atoms with E-state index in [9.17, 15) is 9.59 Å². The fourth-order valence-corrected chi connectivity index (χ4v) is 4.10. The zero-order valence-corrected chi connectivity index (χ0v) is 17.8. The highest BCUT2D eigenvalue weighted by Crippen LogP contribution is 2.21. The Labute approximate surface area is 185 Å². The van der Waals surface area contributed by atoms with Gasteiger partial charge in [0.1, 0.15) is 5.82 Å². The van der Waals surface area contributed by atoms with Crippen molar-refractivity contribution in [1.29, 1.82) is 0 Å². The second kappa shape index (κ2) is 8.26. The van der Waals surface area contributed by atoms with Gasteiger partial charge in [0.25, 0.3) is 5.56 Å². The van der Waals surface area contributed by atoms with Crippen LogP contribution in [0.3, 0.4) is 0 Å². The lowest BCUT2D eigenvalue weighted by Gasteiger charge is -2.10. The van der Waals surface area contributed by atoms with Gasteiger partial charge in [-0.3, -0.25) is 14.6 Å². The first-order valence-electron chi connectivity index (χ1n) is 10.7. The third kappa shape index (κ3) is 3.97. The normalized spacial score (nSPS) is 12.5. The van der Waals surface area contributed by atoms with E-state index in [1.807, 2.05) is 49.4 Å². The van der Waals surface area contributed by atoms with Crippen LogP contribution in [0.4, 0.5) is 5.82 Å². The summed E-state index contributed by atoms with van der Waals surface area (Å²) >= 11 is 0. The van der Waals surface area contributed by atoms with Crippen molar-refractivity contribution in [3.05, 3.63) is 93.5 Å². The summed E-state index contributed by atoms with van der Waals surface area (Å²) in [7, 11) is 0. The second-order valence-electron chi connectivity index (χ2n) is 8.04. The van der Waals surface area contributed by atoms with Gasteiger partial charge in [-0.1, -0.05) is 54.6 Å². The monoisotopic (exact) mass is 425 g/mol. The van der Waals surface area contributed by atoms with E-state index in [1.165, 1.54) is 4.68 Å². The molecule has 0 atom stereocenters. The number of fused-ring (bicyclic) bond motifs is 1. The van der Waals surface area contributed by atoms with Gasteiger partial charge in [-0.05, 0) is 42.9 Å². The van der Waals surface area contributed by atoms with Gasteiger partial charge in [0.2, 0.25) is 11.9 Å². The van der Waals surface area contributed by atoms with Gasteiger partial charge >= 0.3 is 0 Å². The largest absolute Gasteiger partial charge is 0.310 e. The van der Waals surface area contributed by atoms with E-state index in [2.05, 4.69) is 32.5 Å². The summed E-state index contributed by atoms with van der Waals surface area (Å²) in [6, 6.07) is 19.8. The number of benzene rings is 2. The van der Waals surface area contributed by atoms with E-state index in [0.29, 0.717) is 11.8 Å². The SMILES string of the molecule is Cc1cc(NC(=O)Cc2ccc(-c3ccccc3)cc2)n(-c2nc3c(c(=O)[nH]2)CCC3)n1. The van der Waals surface area contributed by atoms with Crippen LogP contribution in [0.15, 0.2) is 65.5 Å². The number of carbonyl (C=O) groups excluding carboxylic acids is 1. The van der Waals surface area contributed by atoms with Gasteiger partial charge in [-0.15, -0.1) is 0 Å². The smallest absolute Gasteiger partial charge is 0.255 e. The standard InChI is InChI=1S/C25H23N5O2/c1-16-14-22(30(29-16)25-26-21-9-5-8-20(21)24(32)28-25)27-23(31)15-17-10-12-19(13-11-17)18-6-3-2-4-7-18/h2-4,6-7,10-14H,5,8-9,15H2,1H3,(H,27,31)(H,26,28,32). The summed E-state index contributed by atoms with van der Waals surface area (Å²) in [6.45, 7) is 1.83. The number of aromatic nitrogens is 4. The molecule has 0 spiro atoms. The van der Waals surface area contributed by atoms with Crippen LogP contribution < -0.4 is 10.9 Å². The lowest BCUT2D eigenvalue weighted by Crippen LogP contribution is -2.21. The minimum atomic E-state index is -0.165. The number of aryl methyl sites for hydroxylation is 2. The number of H-pyrrole nitrogens is 1. The molecule has 160 valence electrons. The molecule has 1 aliphatic rings. The summed E-state index contributed by atoms with van der Waals surface area (Å²) < 4.78 is 1.49. The van der Waals surface area contributed by atoms with Gasteiger partial charge in [-0.2, -0.15) is 9.78 Å². The molecule has 4 aromatic rings. The van der Waals surface area contributed by atoms with Crippen molar-refractivity contribution >= 4 is 11.7 Å². The maximum atomic E-state index is 12.7. The van der Waals surface area contributed by atoms with Crippen LogP contribution in [0.5, 0.6) is 0 Å². The van der Waals surface area contributed by atoms with Crippen molar-refractivity contribution < 1.29 is 4.79 Å². The predicted molar refractivity (Wildman–Crippen MR) is 123 cm³/mol. The quantitative estimate of drug-likeness (QED) is 0.511. The lowest BCUT2D eigenvalue weighted by molar-refractivity contribution is -0.115. The van der Waals surface area contributed by atoms with Gasteiger partial charge in [-0.25, -0.2) is 4.98 Å². The van der Waals surface area contributed by atoms with Crippen molar-refractivity contribution in [1.82, 2.24) is 19.7 Å². The lowest BCUT2D eigenvalue weighted by atomic mass is 10.0. The number of hydrogen-bond acceptors (Lipinski definition) is 4. The molecule has 0 bridgehead atoms.